The van der Waals surface area contributed by atoms with E-state index in [-0.39, 0.29) is 5.56 Å². The summed E-state index contributed by atoms with van der Waals surface area (Å²) in [6.45, 7) is -0.425. The van der Waals surface area contributed by atoms with Crippen LogP contribution in [-0.4, -0.2) is 20.6 Å². The fraction of sp³-hybridized carbons (Fsp3) is 0.0556. The van der Waals surface area contributed by atoms with Crippen LogP contribution in [0.25, 0.3) is 32.0 Å². The van der Waals surface area contributed by atoms with Crippen LogP contribution >= 0.6 is 22.7 Å². The summed E-state index contributed by atoms with van der Waals surface area (Å²) >= 11 is 2.94. The lowest BCUT2D eigenvalue weighted by Gasteiger charge is -2.11. The highest BCUT2D eigenvalue weighted by atomic mass is 32.1. The number of aromatic nitrogens is 2. The van der Waals surface area contributed by atoms with Crippen LogP contribution in [-0.2, 0) is 11.3 Å². The highest BCUT2D eigenvalue weighted by Crippen LogP contribution is 2.34. The molecule has 0 radical (unpaired) electrons. The Kier molecular flexibility index (Phi) is 3.95. The molecule has 0 unspecified atom stereocenters. The highest BCUT2D eigenvalue weighted by Gasteiger charge is 2.19. The van der Waals surface area contributed by atoms with E-state index < -0.39 is 12.5 Å². The van der Waals surface area contributed by atoms with Crippen LogP contribution in [0.2, 0.25) is 0 Å². The van der Waals surface area contributed by atoms with Gasteiger partial charge in [-0.3, -0.25) is 14.2 Å². The molecule has 1 aromatic carbocycles. The molecule has 0 saturated heterocycles. The van der Waals surface area contributed by atoms with E-state index in [9.17, 15) is 14.7 Å². The molecule has 0 amide bonds. The van der Waals surface area contributed by atoms with Crippen LogP contribution in [0.4, 0.5) is 0 Å². The van der Waals surface area contributed by atoms with Gasteiger partial charge in [0.2, 0.25) is 0 Å². The Morgan fingerprint density at radius 2 is 1.92 bits per heavy atom. The van der Waals surface area contributed by atoms with E-state index in [2.05, 4.69) is 4.98 Å². The maximum Gasteiger partial charge on any atom is 0.323 e. The first-order valence-corrected chi connectivity index (χ1v) is 9.24. The maximum atomic E-state index is 13.1. The molecule has 1 N–H and O–H groups in total. The molecule has 0 aliphatic heterocycles. The van der Waals surface area contributed by atoms with E-state index in [1.54, 1.807) is 0 Å². The first kappa shape index (κ1) is 15.7. The lowest BCUT2D eigenvalue weighted by Crippen LogP contribution is -2.26. The van der Waals surface area contributed by atoms with Gasteiger partial charge in [0, 0.05) is 21.4 Å². The van der Waals surface area contributed by atoms with Crippen LogP contribution in [0, 0.1) is 0 Å². The summed E-state index contributed by atoms with van der Waals surface area (Å²) < 4.78 is 1.24. The number of carbonyl (C=O) groups is 1. The van der Waals surface area contributed by atoms with Crippen molar-refractivity contribution in [2.45, 2.75) is 6.54 Å². The number of hydrogen-bond acceptors (Lipinski definition) is 5. The highest BCUT2D eigenvalue weighted by molar-refractivity contribution is 7.18. The molecule has 4 rings (SSSR count). The largest absolute Gasteiger partial charge is 0.480 e. The van der Waals surface area contributed by atoms with Gasteiger partial charge < -0.3 is 5.11 Å². The third-order valence-electron chi connectivity index (χ3n) is 3.81. The molecule has 124 valence electrons. The van der Waals surface area contributed by atoms with Gasteiger partial charge in [-0.25, -0.2) is 4.98 Å². The smallest absolute Gasteiger partial charge is 0.323 e. The molecule has 5 nitrogen and oxygen atoms in total. The minimum Gasteiger partial charge on any atom is -0.480 e. The monoisotopic (exact) mass is 368 g/mol. The molecule has 25 heavy (non-hydrogen) atoms. The van der Waals surface area contributed by atoms with Crippen LogP contribution < -0.4 is 5.56 Å². The van der Waals surface area contributed by atoms with E-state index in [1.165, 1.54) is 27.2 Å². The molecule has 0 fully saturated rings. The minimum absolute atomic E-state index is 0.323. The second-order valence-electron chi connectivity index (χ2n) is 5.39. The molecule has 4 aromatic rings. The van der Waals surface area contributed by atoms with Gasteiger partial charge in [-0.2, -0.15) is 0 Å². The second-order valence-corrected chi connectivity index (χ2v) is 7.20. The van der Waals surface area contributed by atoms with E-state index in [0.29, 0.717) is 21.6 Å². The molecule has 0 aliphatic carbocycles. The number of carboxylic acid groups (broad SMARTS) is 1. The van der Waals surface area contributed by atoms with E-state index >= 15 is 0 Å². The zero-order valence-electron chi connectivity index (χ0n) is 12.9. The van der Waals surface area contributed by atoms with Crippen LogP contribution in [0.1, 0.15) is 0 Å². The third-order valence-corrected chi connectivity index (χ3v) is 5.58. The number of fused-ring (bicyclic) bond motifs is 1. The van der Waals surface area contributed by atoms with Gasteiger partial charge in [-0.05, 0) is 11.4 Å². The molecule has 7 heteroatoms. The first-order chi connectivity index (χ1) is 12.1. The van der Waals surface area contributed by atoms with Crippen molar-refractivity contribution in [3.8, 4) is 21.8 Å². The lowest BCUT2D eigenvalue weighted by molar-refractivity contribution is -0.137. The fourth-order valence-electron chi connectivity index (χ4n) is 2.73. The fourth-order valence-corrected chi connectivity index (χ4v) is 4.48. The maximum absolute atomic E-state index is 13.1. The standard InChI is InChI=1S/C18H12N2O3S2/c21-14(22)9-20-16(11-5-2-1-3-6-11)19-17-15(18(20)23)12(10-25-17)13-7-4-8-24-13/h1-8,10H,9H2,(H,21,22). The molecule has 0 bridgehead atoms. The number of aliphatic carboxylic acids is 1. The normalized spacial score (nSPS) is 11.0. The summed E-state index contributed by atoms with van der Waals surface area (Å²) in [5.41, 5.74) is 1.20. The van der Waals surface area contributed by atoms with Gasteiger partial charge in [-0.1, -0.05) is 36.4 Å². The van der Waals surface area contributed by atoms with Gasteiger partial charge in [0.1, 0.15) is 17.2 Å². The van der Waals surface area contributed by atoms with Crippen molar-refractivity contribution in [3.05, 3.63) is 63.6 Å². The first-order valence-electron chi connectivity index (χ1n) is 7.48. The van der Waals surface area contributed by atoms with E-state index in [4.69, 9.17) is 0 Å². The Balaban J connectivity index is 2.04. The molecule has 0 spiro atoms. The average Bonchev–Trinajstić information content (AvgIpc) is 3.26. The Morgan fingerprint density at radius 1 is 1.12 bits per heavy atom. The molecule has 3 heterocycles. The van der Waals surface area contributed by atoms with E-state index in [0.717, 1.165) is 10.4 Å². The summed E-state index contributed by atoms with van der Waals surface area (Å²) in [6, 6.07) is 13.0. The van der Waals surface area contributed by atoms with Gasteiger partial charge in [0.05, 0.1) is 5.39 Å². The molecular formula is C18H12N2O3S2. The summed E-state index contributed by atoms with van der Waals surface area (Å²) in [7, 11) is 0. The Hall–Kier alpha value is -2.77. The number of hydrogen-bond donors (Lipinski definition) is 1. The van der Waals surface area contributed by atoms with Gasteiger partial charge in [-0.15, -0.1) is 22.7 Å². The van der Waals surface area contributed by atoms with Crippen molar-refractivity contribution in [1.82, 2.24) is 9.55 Å². The van der Waals surface area contributed by atoms with Crippen molar-refractivity contribution >= 4 is 38.9 Å². The SMILES string of the molecule is O=C(O)Cn1c(-c2ccccc2)nc2scc(-c3cccs3)c2c1=O. The van der Waals surface area contributed by atoms with Gasteiger partial charge >= 0.3 is 5.97 Å². The summed E-state index contributed by atoms with van der Waals surface area (Å²) in [6.07, 6.45) is 0. The van der Waals surface area contributed by atoms with Gasteiger partial charge in [0.25, 0.3) is 5.56 Å². The van der Waals surface area contributed by atoms with Crippen molar-refractivity contribution in [3.63, 3.8) is 0 Å². The lowest BCUT2D eigenvalue weighted by atomic mass is 10.1. The van der Waals surface area contributed by atoms with Crippen LogP contribution in [0.15, 0.2) is 58.0 Å². The summed E-state index contributed by atoms with van der Waals surface area (Å²) in [4.78, 5) is 30.6. The number of benzene rings is 1. The van der Waals surface area contributed by atoms with Crippen LogP contribution in [0.5, 0.6) is 0 Å². The zero-order chi connectivity index (χ0) is 17.4. The van der Waals surface area contributed by atoms with Crippen molar-refractivity contribution in [2.24, 2.45) is 0 Å². The molecule has 0 atom stereocenters. The summed E-state index contributed by atoms with van der Waals surface area (Å²) in [5, 5.41) is 13.6. The number of nitrogens with zero attached hydrogens (tertiary/aromatic N) is 2. The van der Waals surface area contributed by atoms with Gasteiger partial charge in [0.15, 0.2) is 0 Å². The second kappa shape index (κ2) is 6.27. The Labute approximate surface area is 150 Å². The number of carboxylic acids is 1. The van der Waals surface area contributed by atoms with Crippen molar-refractivity contribution in [2.75, 3.05) is 0 Å². The van der Waals surface area contributed by atoms with E-state index in [1.807, 2.05) is 53.2 Å². The number of thiophene rings is 2. The Morgan fingerprint density at radius 3 is 2.60 bits per heavy atom. The zero-order valence-corrected chi connectivity index (χ0v) is 14.5. The minimum atomic E-state index is -1.08. The molecule has 0 saturated carbocycles. The van der Waals surface area contributed by atoms with Crippen molar-refractivity contribution < 1.29 is 9.90 Å². The van der Waals surface area contributed by atoms with Crippen LogP contribution in [0.3, 0.4) is 0 Å². The molecular weight excluding hydrogens is 356 g/mol. The van der Waals surface area contributed by atoms with Crippen molar-refractivity contribution in [1.29, 1.82) is 0 Å². The quantitative estimate of drug-likeness (QED) is 0.592. The third kappa shape index (κ3) is 2.77. The predicted octanol–water partition coefficient (Wildman–Crippen LogP) is 3.94. The predicted molar refractivity (Wildman–Crippen MR) is 100 cm³/mol. The Bertz CT molecular complexity index is 1110. The molecule has 0 aliphatic rings. The average molecular weight is 368 g/mol. The molecule has 3 aromatic heterocycles. The summed E-state index contributed by atoms with van der Waals surface area (Å²) in [5.74, 6) is -0.701. The topological polar surface area (TPSA) is 72.2 Å². The number of rotatable bonds is 4.